The van der Waals surface area contributed by atoms with E-state index in [-0.39, 0.29) is 17.5 Å². The molecule has 1 N–H and O–H groups in total. The molecule has 1 saturated heterocycles. The number of nitrogens with one attached hydrogen (secondary N) is 1. The number of halogens is 1. The van der Waals surface area contributed by atoms with Crippen LogP contribution in [0.2, 0.25) is 5.02 Å². The number of aromatic nitrogens is 7. The summed E-state index contributed by atoms with van der Waals surface area (Å²) < 4.78 is 3.25. The summed E-state index contributed by atoms with van der Waals surface area (Å²) in [4.78, 5) is 32.1. The maximum atomic E-state index is 13.7. The molecule has 0 spiro atoms. The molecule has 5 heterocycles. The summed E-state index contributed by atoms with van der Waals surface area (Å²) in [6, 6.07) is 11.1. The molecule has 5 aromatic rings. The Morgan fingerprint density at radius 2 is 1.97 bits per heavy atom. The zero-order chi connectivity index (χ0) is 21.8. The first-order chi connectivity index (χ1) is 15.6. The number of hydrogen-bond donors (Lipinski definition) is 1. The topological polar surface area (TPSA) is 97.0 Å². The lowest BCUT2D eigenvalue weighted by molar-refractivity contribution is 0.485. The van der Waals surface area contributed by atoms with E-state index in [1.54, 1.807) is 27.7 Å². The molecule has 160 valence electrons. The Kier molecular flexibility index (Phi) is 4.25. The highest BCUT2D eigenvalue weighted by atomic mass is 35.5. The lowest BCUT2D eigenvalue weighted by Crippen LogP contribution is -2.34. The van der Waals surface area contributed by atoms with Crippen molar-refractivity contribution in [1.82, 2.24) is 34.1 Å². The van der Waals surface area contributed by atoms with Crippen LogP contribution in [0.5, 0.6) is 0 Å². The summed E-state index contributed by atoms with van der Waals surface area (Å²) >= 11 is 6.34. The number of benzene rings is 1. The van der Waals surface area contributed by atoms with Crippen molar-refractivity contribution >= 4 is 34.1 Å². The number of para-hydroxylation sites is 1. The predicted molar refractivity (Wildman–Crippen MR) is 121 cm³/mol. The molecule has 4 aromatic heterocycles. The van der Waals surface area contributed by atoms with E-state index in [0.29, 0.717) is 22.0 Å². The fourth-order valence-corrected chi connectivity index (χ4v) is 4.84. The van der Waals surface area contributed by atoms with Crippen LogP contribution in [0.1, 0.15) is 25.2 Å². The minimum Gasteiger partial charge on any atom is -0.344 e. The van der Waals surface area contributed by atoms with Gasteiger partial charge in [-0.25, -0.2) is 19.5 Å². The van der Waals surface area contributed by atoms with Crippen LogP contribution < -0.4 is 10.5 Å². The van der Waals surface area contributed by atoms with E-state index in [0.717, 1.165) is 30.0 Å². The first kappa shape index (κ1) is 19.0. The standard InChI is InChI=1S/C22H19ClN8O/c1-13-7-9-29(20-16-19(25-11-24-16)26-12-27-20)17(13)21-28-30-10-8-15(23)18(30)22(32)31(21)14-5-3-2-4-6-14/h2-6,8,10-13,17H,7,9H2,1H3,(H,24,25,26,27)/t13-,17?/m0/s1. The molecule has 32 heavy (non-hydrogen) atoms. The van der Waals surface area contributed by atoms with Gasteiger partial charge in [-0.05, 0) is 30.5 Å². The Labute approximate surface area is 187 Å². The molecule has 0 radical (unpaired) electrons. The van der Waals surface area contributed by atoms with E-state index in [9.17, 15) is 4.79 Å². The average Bonchev–Trinajstić information content (AvgIpc) is 3.52. The van der Waals surface area contributed by atoms with Crippen molar-refractivity contribution in [3.05, 3.63) is 76.5 Å². The predicted octanol–water partition coefficient (Wildman–Crippen LogP) is 3.39. The van der Waals surface area contributed by atoms with Crippen molar-refractivity contribution in [2.75, 3.05) is 11.4 Å². The maximum Gasteiger partial charge on any atom is 0.284 e. The SMILES string of the molecule is C[C@H]1CCN(c2ncnc3nc[nH]c23)C1c1nn2ccc(Cl)c2c(=O)n1-c1ccccc1. The third kappa shape index (κ3) is 2.74. The van der Waals surface area contributed by atoms with Crippen molar-refractivity contribution in [1.29, 1.82) is 0 Å². The Morgan fingerprint density at radius 3 is 2.81 bits per heavy atom. The fraction of sp³-hybridized carbons (Fsp3) is 0.227. The molecule has 0 saturated carbocycles. The van der Waals surface area contributed by atoms with Gasteiger partial charge in [0.2, 0.25) is 0 Å². The summed E-state index contributed by atoms with van der Waals surface area (Å²) in [5.74, 6) is 1.62. The first-order valence-corrected chi connectivity index (χ1v) is 10.8. The second-order valence-corrected chi connectivity index (χ2v) is 8.40. The summed E-state index contributed by atoms with van der Waals surface area (Å²) in [5.41, 5.74) is 2.27. The molecule has 0 bridgehead atoms. The number of hydrogen-bond acceptors (Lipinski definition) is 6. The molecular weight excluding hydrogens is 428 g/mol. The first-order valence-electron chi connectivity index (χ1n) is 10.4. The van der Waals surface area contributed by atoms with Crippen LogP contribution in [-0.2, 0) is 0 Å². The molecule has 1 aliphatic heterocycles. The van der Waals surface area contributed by atoms with Crippen LogP contribution in [0, 0.1) is 5.92 Å². The molecule has 10 heteroatoms. The van der Waals surface area contributed by atoms with Gasteiger partial charge in [-0.2, -0.15) is 5.10 Å². The average molecular weight is 447 g/mol. The number of fused-ring (bicyclic) bond motifs is 2. The van der Waals surface area contributed by atoms with Gasteiger partial charge in [0.15, 0.2) is 17.3 Å². The molecule has 1 aromatic carbocycles. The lowest BCUT2D eigenvalue weighted by Gasteiger charge is -2.29. The normalized spacial score (nSPS) is 18.8. The van der Waals surface area contributed by atoms with Gasteiger partial charge in [0, 0.05) is 12.7 Å². The minimum absolute atomic E-state index is 0.185. The van der Waals surface area contributed by atoms with Gasteiger partial charge < -0.3 is 9.88 Å². The molecule has 0 amide bonds. The monoisotopic (exact) mass is 446 g/mol. The van der Waals surface area contributed by atoms with E-state index in [2.05, 4.69) is 31.8 Å². The van der Waals surface area contributed by atoms with Crippen molar-refractivity contribution in [3.8, 4) is 5.69 Å². The molecule has 0 aliphatic carbocycles. The van der Waals surface area contributed by atoms with E-state index < -0.39 is 0 Å². The van der Waals surface area contributed by atoms with E-state index in [4.69, 9.17) is 16.7 Å². The number of anilines is 1. The Balaban J connectivity index is 1.63. The highest BCUT2D eigenvalue weighted by Gasteiger charge is 2.38. The van der Waals surface area contributed by atoms with Crippen molar-refractivity contribution in [3.63, 3.8) is 0 Å². The third-order valence-electron chi connectivity index (χ3n) is 6.12. The molecule has 2 atom stereocenters. The van der Waals surface area contributed by atoms with Gasteiger partial charge in [-0.1, -0.05) is 36.7 Å². The zero-order valence-corrected chi connectivity index (χ0v) is 17.9. The van der Waals surface area contributed by atoms with Crippen LogP contribution in [0.25, 0.3) is 22.4 Å². The second kappa shape index (κ2) is 7.16. The quantitative estimate of drug-likeness (QED) is 0.456. The van der Waals surface area contributed by atoms with Gasteiger partial charge in [0.25, 0.3) is 5.56 Å². The molecule has 6 rings (SSSR count). The van der Waals surface area contributed by atoms with E-state index in [1.165, 1.54) is 6.33 Å². The van der Waals surface area contributed by atoms with Crippen LogP contribution >= 0.6 is 11.6 Å². The van der Waals surface area contributed by atoms with Crippen molar-refractivity contribution in [2.24, 2.45) is 5.92 Å². The highest BCUT2D eigenvalue weighted by Crippen LogP contribution is 2.40. The summed E-state index contributed by atoms with van der Waals surface area (Å²) in [6.45, 7) is 2.94. The number of H-pyrrole nitrogens is 1. The van der Waals surface area contributed by atoms with Crippen LogP contribution in [0.15, 0.2) is 60.0 Å². The van der Waals surface area contributed by atoms with Gasteiger partial charge in [0.05, 0.1) is 23.1 Å². The molecule has 1 fully saturated rings. The van der Waals surface area contributed by atoms with Gasteiger partial charge in [-0.15, -0.1) is 0 Å². The number of nitrogens with zero attached hydrogens (tertiary/aromatic N) is 7. The number of imidazole rings is 1. The van der Waals surface area contributed by atoms with E-state index >= 15 is 0 Å². The van der Waals surface area contributed by atoms with Gasteiger partial charge in [0.1, 0.15) is 17.4 Å². The highest BCUT2D eigenvalue weighted by molar-refractivity contribution is 6.33. The summed E-state index contributed by atoms with van der Waals surface area (Å²) in [6.07, 6.45) is 5.79. The van der Waals surface area contributed by atoms with E-state index in [1.807, 2.05) is 30.3 Å². The van der Waals surface area contributed by atoms with Crippen LogP contribution in [0.3, 0.4) is 0 Å². The molecule has 1 aliphatic rings. The smallest absolute Gasteiger partial charge is 0.284 e. The Morgan fingerprint density at radius 1 is 1.12 bits per heavy atom. The maximum absolute atomic E-state index is 13.7. The van der Waals surface area contributed by atoms with Gasteiger partial charge >= 0.3 is 0 Å². The second-order valence-electron chi connectivity index (χ2n) is 7.99. The Bertz CT molecular complexity index is 1510. The zero-order valence-electron chi connectivity index (χ0n) is 17.2. The van der Waals surface area contributed by atoms with Crippen molar-refractivity contribution in [2.45, 2.75) is 19.4 Å². The minimum atomic E-state index is -0.204. The number of rotatable bonds is 3. The van der Waals surface area contributed by atoms with Gasteiger partial charge in [-0.3, -0.25) is 9.36 Å². The van der Waals surface area contributed by atoms with Crippen molar-refractivity contribution < 1.29 is 0 Å². The fourth-order valence-electron chi connectivity index (χ4n) is 4.61. The number of aromatic amines is 1. The summed E-state index contributed by atoms with van der Waals surface area (Å²) in [7, 11) is 0. The lowest BCUT2D eigenvalue weighted by atomic mass is 10.0. The molecule has 1 unspecified atom stereocenters. The third-order valence-corrected chi connectivity index (χ3v) is 6.42. The molecule has 9 nitrogen and oxygen atoms in total. The Hall–Kier alpha value is -3.72. The van der Waals surface area contributed by atoms with Crippen LogP contribution in [0.4, 0.5) is 5.82 Å². The summed E-state index contributed by atoms with van der Waals surface area (Å²) in [5, 5.41) is 5.27. The molecular formula is C22H19ClN8O. The largest absolute Gasteiger partial charge is 0.344 e. The van der Waals surface area contributed by atoms with Crippen LogP contribution in [-0.4, -0.2) is 40.7 Å².